The van der Waals surface area contributed by atoms with Crippen molar-refractivity contribution in [2.45, 2.75) is 19.3 Å². The van der Waals surface area contributed by atoms with Crippen molar-refractivity contribution in [1.29, 1.82) is 0 Å². The minimum Gasteiger partial charge on any atom is -0.396 e. The smallest absolute Gasteiger partial charge is 0.112 e. The molecule has 0 aliphatic carbocycles. The Kier molecular flexibility index (Phi) is 8.51. The van der Waals surface area contributed by atoms with Crippen LogP contribution in [0, 0.1) is 0 Å². The zero-order valence-electron chi connectivity index (χ0n) is 15.0. The molecule has 0 aliphatic heterocycles. The van der Waals surface area contributed by atoms with Crippen LogP contribution in [0.5, 0.6) is 0 Å². The maximum atomic E-state index is 9.16. The predicted octanol–water partition coefficient (Wildman–Crippen LogP) is 4.72. The van der Waals surface area contributed by atoms with Gasteiger partial charge in [0.2, 0.25) is 0 Å². The molecule has 0 saturated heterocycles. The molecule has 0 aliphatic rings. The number of unbranched alkanes of at least 4 members (excludes halogenated alkanes) is 2. The van der Waals surface area contributed by atoms with Gasteiger partial charge in [0.1, 0.15) is 23.2 Å². The summed E-state index contributed by atoms with van der Waals surface area (Å²) in [6.07, 6.45) is 4.24. The maximum absolute atomic E-state index is 9.16. The maximum Gasteiger partial charge on any atom is 0.112 e. The first-order valence-electron chi connectivity index (χ1n) is 9.04. The van der Waals surface area contributed by atoms with Crippen LogP contribution < -0.4 is 15.9 Å². The Balaban J connectivity index is 0.00000243. The largest absolute Gasteiger partial charge is 0.396 e. The third kappa shape index (κ3) is 4.62. The molecule has 0 radical (unpaired) electrons. The van der Waals surface area contributed by atoms with Gasteiger partial charge in [0, 0.05) is 6.61 Å². The molecule has 1 nitrogen and oxygen atoms in total. The van der Waals surface area contributed by atoms with Gasteiger partial charge in [-0.3, -0.25) is 0 Å². The van der Waals surface area contributed by atoms with E-state index in [1.54, 1.807) is 0 Å². The zero-order valence-corrected chi connectivity index (χ0v) is 17.6. The quantitative estimate of drug-likeness (QED) is 0.405. The molecule has 0 fully saturated rings. The summed E-state index contributed by atoms with van der Waals surface area (Å²) in [7, 11) is -1.68. The highest BCUT2D eigenvalue weighted by Gasteiger charge is 2.44. The van der Waals surface area contributed by atoms with Crippen LogP contribution in [0.4, 0.5) is 0 Å². The van der Waals surface area contributed by atoms with E-state index >= 15 is 0 Å². The molecule has 3 rings (SSSR count). The topological polar surface area (TPSA) is 20.2 Å². The van der Waals surface area contributed by atoms with Crippen LogP contribution in [0.3, 0.4) is 0 Å². The molecular weight excluding hydrogens is 403 g/mol. The van der Waals surface area contributed by atoms with Crippen molar-refractivity contribution in [2.75, 3.05) is 12.8 Å². The van der Waals surface area contributed by atoms with E-state index in [1.165, 1.54) is 15.9 Å². The molecule has 0 bridgehead atoms. The molecule has 0 heterocycles. The SMILES string of the molecule is Br.OCCCCC[P+](c1ccccc1)(c1ccccc1)c1ccccc1. The van der Waals surface area contributed by atoms with Crippen molar-refractivity contribution in [3.8, 4) is 0 Å². The monoisotopic (exact) mass is 429 g/mol. The van der Waals surface area contributed by atoms with Crippen LogP contribution in [0.1, 0.15) is 19.3 Å². The van der Waals surface area contributed by atoms with Gasteiger partial charge in [0.05, 0.1) is 6.16 Å². The summed E-state index contributed by atoms with van der Waals surface area (Å²) < 4.78 is 0. The summed E-state index contributed by atoms with van der Waals surface area (Å²) in [6, 6.07) is 33.0. The van der Waals surface area contributed by atoms with E-state index in [2.05, 4.69) is 91.0 Å². The molecule has 136 valence electrons. The van der Waals surface area contributed by atoms with Crippen LogP contribution in [0.25, 0.3) is 0 Å². The highest BCUT2D eigenvalue weighted by Crippen LogP contribution is 2.55. The van der Waals surface area contributed by atoms with Crippen molar-refractivity contribution in [1.82, 2.24) is 0 Å². The Morgan fingerprint density at radius 2 is 0.923 bits per heavy atom. The molecule has 0 saturated carbocycles. The van der Waals surface area contributed by atoms with Crippen LogP contribution in [-0.4, -0.2) is 17.9 Å². The van der Waals surface area contributed by atoms with Gasteiger partial charge in [-0.1, -0.05) is 54.6 Å². The van der Waals surface area contributed by atoms with Gasteiger partial charge in [-0.15, -0.1) is 17.0 Å². The third-order valence-corrected chi connectivity index (χ3v) is 9.27. The second-order valence-electron chi connectivity index (χ2n) is 6.32. The molecule has 0 unspecified atom stereocenters. The van der Waals surface area contributed by atoms with E-state index < -0.39 is 7.26 Å². The lowest BCUT2D eigenvalue weighted by Crippen LogP contribution is -2.33. The van der Waals surface area contributed by atoms with Gasteiger partial charge < -0.3 is 5.11 Å². The first kappa shape index (κ1) is 20.8. The summed E-state index contributed by atoms with van der Waals surface area (Å²) in [5.41, 5.74) is 0. The van der Waals surface area contributed by atoms with Crippen molar-refractivity contribution >= 4 is 40.2 Å². The Hall–Kier alpha value is -1.47. The average Bonchev–Trinajstić information content (AvgIpc) is 2.70. The minimum absolute atomic E-state index is 0. The fraction of sp³-hybridized carbons (Fsp3) is 0.217. The average molecular weight is 430 g/mol. The van der Waals surface area contributed by atoms with Crippen LogP contribution >= 0.6 is 24.2 Å². The highest BCUT2D eigenvalue weighted by atomic mass is 79.9. The Labute approximate surface area is 168 Å². The highest BCUT2D eigenvalue weighted by molar-refractivity contribution is 8.93. The number of halogens is 1. The molecule has 0 atom stereocenters. The Morgan fingerprint density at radius 3 is 1.27 bits per heavy atom. The van der Waals surface area contributed by atoms with Gasteiger partial charge in [0.25, 0.3) is 0 Å². The molecular formula is C23H27BrOP+. The van der Waals surface area contributed by atoms with E-state index in [-0.39, 0.29) is 23.6 Å². The van der Waals surface area contributed by atoms with E-state index in [9.17, 15) is 0 Å². The lowest BCUT2D eigenvalue weighted by Gasteiger charge is -2.27. The van der Waals surface area contributed by atoms with Gasteiger partial charge in [-0.05, 0) is 55.7 Å². The van der Waals surface area contributed by atoms with Crippen LogP contribution in [0.15, 0.2) is 91.0 Å². The number of hydrogen-bond donors (Lipinski definition) is 1. The standard InChI is InChI=1S/C23H26OP.BrH/c24-19-11-4-12-20-25(21-13-5-1-6-14-21,22-15-7-2-8-16-22)23-17-9-3-10-18-23;/h1-3,5-10,13-18,24H,4,11-12,19-20H2;1H/q+1;. The summed E-state index contributed by atoms with van der Waals surface area (Å²) in [6.45, 7) is 0.285. The van der Waals surface area contributed by atoms with Crippen molar-refractivity contribution in [2.24, 2.45) is 0 Å². The van der Waals surface area contributed by atoms with E-state index in [4.69, 9.17) is 5.11 Å². The first-order valence-corrected chi connectivity index (χ1v) is 11.0. The summed E-state index contributed by atoms with van der Waals surface area (Å²) in [4.78, 5) is 0. The van der Waals surface area contributed by atoms with Gasteiger partial charge in [0.15, 0.2) is 0 Å². The van der Waals surface area contributed by atoms with Gasteiger partial charge in [-0.2, -0.15) is 0 Å². The van der Waals surface area contributed by atoms with E-state index in [0.717, 1.165) is 25.4 Å². The summed E-state index contributed by atoms with van der Waals surface area (Å²) >= 11 is 0. The van der Waals surface area contributed by atoms with Gasteiger partial charge in [-0.25, -0.2) is 0 Å². The van der Waals surface area contributed by atoms with Crippen molar-refractivity contribution in [3.63, 3.8) is 0 Å². The third-order valence-electron chi connectivity index (χ3n) is 4.74. The van der Waals surface area contributed by atoms with Crippen molar-refractivity contribution in [3.05, 3.63) is 91.0 Å². The normalized spacial score (nSPS) is 11.0. The molecule has 26 heavy (non-hydrogen) atoms. The first-order chi connectivity index (χ1) is 12.4. The predicted molar refractivity (Wildman–Crippen MR) is 121 cm³/mol. The second kappa shape index (κ2) is 10.6. The molecule has 1 N–H and O–H groups in total. The fourth-order valence-electron chi connectivity index (χ4n) is 3.52. The molecule has 3 aromatic rings. The zero-order chi connectivity index (χ0) is 17.4. The van der Waals surface area contributed by atoms with Gasteiger partial charge >= 0.3 is 0 Å². The number of aliphatic hydroxyl groups is 1. The number of aliphatic hydroxyl groups excluding tert-OH is 1. The minimum atomic E-state index is -1.68. The Morgan fingerprint density at radius 1 is 0.538 bits per heavy atom. The van der Waals surface area contributed by atoms with Crippen LogP contribution in [-0.2, 0) is 0 Å². The number of rotatable bonds is 8. The summed E-state index contributed by atoms with van der Waals surface area (Å²) in [5, 5.41) is 13.5. The number of benzene rings is 3. The fourth-order valence-corrected chi connectivity index (χ4v) is 7.93. The molecule has 0 spiro atoms. The molecule has 3 heteroatoms. The number of hydrogen-bond acceptors (Lipinski definition) is 1. The lowest BCUT2D eigenvalue weighted by molar-refractivity contribution is 0.284. The lowest BCUT2D eigenvalue weighted by atomic mass is 10.3. The summed E-state index contributed by atoms with van der Waals surface area (Å²) in [5.74, 6) is 0. The molecule has 0 aromatic heterocycles. The molecule has 3 aromatic carbocycles. The second-order valence-corrected chi connectivity index (χ2v) is 9.94. The van der Waals surface area contributed by atoms with Crippen molar-refractivity contribution < 1.29 is 5.11 Å². The van der Waals surface area contributed by atoms with Crippen LogP contribution in [0.2, 0.25) is 0 Å². The Bertz CT molecular complexity index is 650. The molecule has 0 amide bonds. The van der Waals surface area contributed by atoms with E-state index in [0.29, 0.717) is 0 Å². The van der Waals surface area contributed by atoms with E-state index in [1.807, 2.05) is 0 Å².